The first-order valence-corrected chi connectivity index (χ1v) is 7.28. The van der Waals surface area contributed by atoms with Crippen LogP contribution in [-0.4, -0.2) is 30.4 Å². The number of ether oxygens (including phenoxy) is 1. The van der Waals surface area contributed by atoms with Gasteiger partial charge in [0.25, 0.3) is 5.91 Å². The maximum absolute atomic E-state index is 12.1. The highest BCUT2D eigenvalue weighted by atomic mass is 16.5. The van der Waals surface area contributed by atoms with E-state index < -0.39 is 5.91 Å². The normalized spacial score (nSPS) is 10.2. The number of hydrogen-bond donors (Lipinski definition) is 1. The van der Waals surface area contributed by atoms with Crippen LogP contribution < -0.4 is 10.5 Å². The van der Waals surface area contributed by atoms with Gasteiger partial charge in [-0.1, -0.05) is 29.8 Å². The number of nitrogens with zero attached hydrogens (tertiary/aromatic N) is 1. The van der Waals surface area contributed by atoms with Crippen molar-refractivity contribution in [2.45, 2.75) is 13.5 Å². The van der Waals surface area contributed by atoms with Gasteiger partial charge in [-0.05, 0) is 36.8 Å². The molecule has 5 heteroatoms. The summed E-state index contributed by atoms with van der Waals surface area (Å²) < 4.78 is 5.44. The highest BCUT2D eigenvalue weighted by Crippen LogP contribution is 2.12. The Morgan fingerprint density at radius 1 is 1.04 bits per heavy atom. The van der Waals surface area contributed by atoms with Gasteiger partial charge in [0.2, 0.25) is 5.91 Å². The number of aryl methyl sites for hydroxylation is 1. The lowest BCUT2D eigenvalue weighted by Crippen LogP contribution is -2.30. The van der Waals surface area contributed by atoms with Gasteiger partial charge in [-0.25, -0.2) is 0 Å². The molecule has 2 aromatic rings. The molecule has 23 heavy (non-hydrogen) atoms. The first-order chi connectivity index (χ1) is 11.0. The van der Waals surface area contributed by atoms with Crippen LogP contribution in [0.1, 0.15) is 21.5 Å². The fraction of sp³-hybridized carbons (Fsp3) is 0.222. The maximum Gasteiger partial charge on any atom is 0.260 e. The third-order valence-corrected chi connectivity index (χ3v) is 3.47. The van der Waals surface area contributed by atoms with Crippen LogP contribution in [0.5, 0.6) is 5.75 Å². The van der Waals surface area contributed by atoms with Gasteiger partial charge < -0.3 is 15.4 Å². The van der Waals surface area contributed by atoms with E-state index in [1.807, 2.05) is 31.2 Å². The molecule has 0 bridgehead atoms. The van der Waals surface area contributed by atoms with E-state index in [4.69, 9.17) is 10.5 Å². The van der Waals surface area contributed by atoms with E-state index >= 15 is 0 Å². The summed E-state index contributed by atoms with van der Waals surface area (Å²) in [6.45, 7) is 2.50. The zero-order valence-corrected chi connectivity index (χ0v) is 13.3. The summed E-state index contributed by atoms with van der Waals surface area (Å²) in [6, 6.07) is 14.4. The highest BCUT2D eigenvalue weighted by molar-refractivity contribution is 5.92. The van der Waals surface area contributed by atoms with Crippen LogP contribution in [0.2, 0.25) is 0 Å². The molecule has 0 aliphatic carbocycles. The zero-order chi connectivity index (χ0) is 16.8. The summed E-state index contributed by atoms with van der Waals surface area (Å²) in [6.07, 6.45) is 0. The van der Waals surface area contributed by atoms with Gasteiger partial charge >= 0.3 is 0 Å². The number of benzene rings is 2. The lowest BCUT2D eigenvalue weighted by molar-refractivity contribution is -0.132. The summed E-state index contributed by atoms with van der Waals surface area (Å²) >= 11 is 0. The number of nitrogens with two attached hydrogens (primary N) is 1. The Kier molecular flexibility index (Phi) is 5.36. The van der Waals surface area contributed by atoms with Crippen molar-refractivity contribution < 1.29 is 14.3 Å². The smallest absolute Gasteiger partial charge is 0.260 e. The highest BCUT2D eigenvalue weighted by Gasteiger charge is 2.10. The second kappa shape index (κ2) is 7.45. The lowest BCUT2D eigenvalue weighted by atomic mass is 10.1. The van der Waals surface area contributed by atoms with Gasteiger partial charge in [0.05, 0.1) is 0 Å². The van der Waals surface area contributed by atoms with Gasteiger partial charge in [0.1, 0.15) is 5.75 Å². The number of amides is 2. The minimum absolute atomic E-state index is 0.0573. The van der Waals surface area contributed by atoms with E-state index in [2.05, 4.69) is 0 Å². The predicted molar refractivity (Wildman–Crippen MR) is 88.1 cm³/mol. The van der Waals surface area contributed by atoms with Crippen molar-refractivity contribution in [1.82, 2.24) is 4.90 Å². The predicted octanol–water partition coefficient (Wildman–Crippen LogP) is 2.13. The summed E-state index contributed by atoms with van der Waals surface area (Å²) in [5.41, 5.74) is 7.82. The first kappa shape index (κ1) is 16.5. The first-order valence-electron chi connectivity index (χ1n) is 7.28. The summed E-state index contributed by atoms with van der Waals surface area (Å²) in [7, 11) is 1.74. The monoisotopic (exact) mass is 312 g/mol. The van der Waals surface area contributed by atoms with Gasteiger partial charge in [-0.15, -0.1) is 0 Å². The Labute approximate surface area is 135 Å². The van der Waals surface area contributed by atoms with Crippen LogP contribution in [0.15, 0.2) is 48.5 Å². The van der Waals surface area contributed by atoms with E-state index in [1.165, 1.54) is 5.56 Å². The fourth-order valence-corrected chi connectivity index (χ4v) is 2.03. The van der Waals surface area contributed by atoms with Gasteiger partial charge in [0.15, 0.2) is 6.61 Å². The average Bonchev–Trinajstić information content (AvgIpc) is 2.55. The molecule has 0 heterocycles. The minimum Gasteiger partial charge on any atom is -0.484 e. The van der Waals surface area contributed by atoms with Crippen LogP contribution in [0, 0.1) is 6.92 Å². The molecule has 0 fully saturated rings. The molecule has 0 spiro atoms. The number of carbonyl (C=O) groups excluding carboxylic acids is 2. The average molecular weight is 312 g/mol. The molecule has 2 rings (SSSR count). The number of likely N-dealkylation sites (N-methyl/N-ethyl adjacent to an activating group) is 1. The largest absolute Gasteiger partial charge is 0.484 e. The molecule has 0 aliphatic heterocycles. The molecule has 0 saturated heterocycles. The summed E-state index contributed by atoms with van der Waals surface area (Å²) in [5, 5.41) is 0. The Bertz CT molecular complexity index is 678. The summed E-state index contributed by atoms with van der Waals surface area (Å²) in [5.74, 6) is -0.0953. The molecule has 2 aromatic carbocycles. The molecule has 0 aromatic heterocycles. The molecule has 0 aliphatic rings. The van der Waals surface area contributed by atoms with Crippen LogP contribution in [0.3, 0.4) is 0 Å². The minimum atomic E-state index is -0.495. The molecule has 2 N–H and O–H groups in total. The van der Waals surface area contributed by atoms with Crippen LogP contribution in [0.25, 0.3) is 0 Å². The second-order valence-electron chi connectivity index (χ2n) is 5.41. The van der Waals surface area contributed by atoms with Gasteiger partial charge in [0, 0.05) is 19.2 Å². The fourth-order valence-electron chi connectivity index (χ4n) is 2.03. The summed E-state index contributed by atoms with van der Waals surface area (Å²) in [4.78, 5) is 24.7. The van der Waals surface area contributed by atoms with Crippen molar-refractivity contribution in [3.63, 3.8) is 0 Å². The molecule has 5 nitrogen and oxygen atoms in total. The van der Waals surface area contributed by atoms with Crippen LogP contribution in [-0.2, 0) is 11.3 Å². The van der Waals surface area contributed by atoms with Crippen molar-refractivity contribution in [2.24, 2.45) is 5.73 Å². The van der Waals surface area contributed by atoms with Crippen molar-refractivity contribution in [3.8, 4) is 5.75 Å². The molecular formula is C18H20N2O3. The van der Waals surface area contributed by atoms with Crippen molar-refractivity contribution >= 4 is 11.8 Å². The number of carbonyl (C=O) groups is 2. The topological polar surface area (TPSA) is 72.6 Å². The number of hydrogen-bond acceptors (Lipinski definition) is 3. The van der Waals surface area contributed by atoms with Crippen LogP contribution in [0.4, 0.5) is 0 Å². The Morgan fingerprint density at radius 2 is 1.65 bits per heavy atom. The van der Waals surface area contributed by atoms with E-state index in [1.54, 1.807) is 36.2 Å². The van der Waals surface area contributed by atoms with E-state index in [9.17, 15) is 9.59 Å². The molecule has 0 saturated carbocycles. The van der Waals surface area contributed by atoms with Crippen molar-refractivity contribution in [3.05, 3.63) is 65.2 Å². The second-order valence-corrected chi connectivity index (χ2v) is 5.41. The SMILES string of the molecule is Cc1ccc(CN(C)C(=O)COc2ccc(C(N)=O)cc2)cc1. The third-order valence-electron chi connectivity index (χ3n) is 3.47. The Balaban J connectivity index is 1.86. The number of rotatable bonds is 6. The molecular weight excluding hydrogens is 292 g/mol. The van der Waals surface area contributed by atoms with Gasteiger partial charge in [-0.3, -0.25) is 9.59 Å². The molecule has 0 unspecified atom stereocenters. The molecule has 2 amide bonds. The van der Waals surface area contributed by atoms with E-state index in [0.29, 0.717) is 17.9 Å². The molecule has 120 valence electrons. The molecule has 0 radical (unpaired) electrons. The van der Waals surface area contributed by atoms with E-state index in [0.717, 1.165) is 5.56 Å². The van der Waals surface area contributed by atoms with Crippen molar-refractivity contribution in [1.29, 1.82) is 0 Å². The standard InChI is InChI=1S/C18H20N2O3/c1-13-3-5-14(6-4-13)11-20(2)17(21)12-23-16-9-7-15(8-10-16)18(19)22/h3-10H,11-12H2,1-2H3,(H2,19,22). The van der Waals surface area contributed by atoms with Crippen LogP contribution >= 0.6 is 0 Å². The molecule has 0 atom stereocenters. The number of primary amides is 1. The van der Waals surface area contributed by atoms with Gasteiger partial charge in [-0.2, -0.15) is 0 Å². The van der Waals surface area contributed by atoms with Crippen molar-refractivity contribution in [2.75, 3.05) is 13.7 Å². The quantitative estimate of drug-likeness (QED) is 0.888. The zero-order valence-electron chi connectivity index (χ0n) is 13.3. The van der Waals surface area contributed by atoms with E-state index in [-0.39, 0.29) is 12.5 Å². The lowest BCUT2D eigenvalue weighted by Gasteiger charge is -2.17. The third kappa shape index (κ3) is 4.85. The maximum atomic E-state index is 12.1. The Hall–Kier alpha value is -2.82. The Morgan fingerprint density at radius 3 is 2.22 bits per heavy atom.